The summed E-state index contributed by atoms with van der Waals surface area (Å²) in [7, 11) is -1.35. The summed E-state index contributed by atoms with van der Waals surface area (Å²) in [5.74, 6) is -0.169. The van der Waals surface area contributed by atoms with E-state index in [1.54, 1.807) is 0 Å². The van der Waals surface area contributed by atoms with E-state index in [0.717, 1.165) is 6.04 Å². The lowest BCUT2D eigenvalue weighted by Gasteiger charge is -2.19. The molecule has 13 heavy (non-hydrogen) atoms. The van der Waals surface area contributed by atoms with E-state index in [9.17, 15) is 4.79 Å². The van der Waals surface area contributed by atoms with Crippen LogP contribution in [0.25, 0.3) is 0 Å². The van der Waals surface area contributed by atoms with Crippen LogP contribution in [0.2, 0.25) is 19.1 Å². The molecule has 0 aromatic carbocycles. The molecule has 0 radical (unpaired) electrons. The minimum Gasteiger partial charge on any atom is -0.470 e. The van der Waals surface area contributed by atoms with Crippen molar-refractivity contribution >= 4 is 14.0 Å². The third-order valence-electron chi connectivity index (χ3n) is 1.73. The van der Waals surface area contributed by atoms with Crippen LogP contribution in [0.5, 0.6) is 0 Å². The maximum atomic E-state index is 10.6. The molecule has 0 bridgehead atoms. The Bertz CT molecular complexity index is 203. The normalized spacial score (nSPS) is 10.8. The summed E-state index contributed by atoms with van der Waals surface area (Å²) in [6, 6.07) is 1.09. The van der Waals surface area contributed by atoms with Crippen molar-refractivity contribution in [2.45, 2.75) is 39.9 Å². The Kier molecular flexibility index (Phi) is 4.99. The lowest BCUT2D eigenvalue weighted by Crippen LogP contribution is -2.32. The molecule has 76 valence electrons. The molecule has 0 amide bonds. The minimum absolute atomic E-state index is 0.169. The van der Waals surface area contributed by atoms with Crippen LogP contribution in [-0.2, 0) is 9.53 Å². The summed E-state index contributed by atoms with van der Waals surface area (Å²) in [5.41, 5.74) is 1.34. The van der Waals surface area contributed by atoms with Crippen molar-refractivity contribution in [2.24, 2.45) is 0 Å². The van der Waals surface area contributed by atoms with E-state index in [0.29, 0.717) is 6.23 Å². The van der Waals surface area contributed by atoms with Gasteiger partial charge in [0.2, 0.25) is 0 Å². The molecule has 0 aliphatic carbocycles. The molecule has 0 rings (SSSR count). The van der Waals surface area contributed by atoms with Crippen molar-refractivity contribution in [3.8, 4) is 0 Å². The van der Waals surface area contributed by atoms with Gasteiger partial charge in [-0.25, -0.2) is 0 Å². The first-order chi connectivity index (χ1) is 5.83. The Hall–Kier alpha value is -0.573. The number of hydrogen-bond donors (Lipinski definition) is 0. The van der Waals surface area contributed by atoms with Crippen LogP contribution in [0.1, 0.15) is 20.8 Å². The van der Waals surface area contributed by atoms with Crippen molar-refractivity contribution < 1.29 is 9.53 Å². The van der Waals surface area contributed by atoms with Crippen LogP contribution in [0.3, 0.4) is 0 Å². The molecular weight excluding hydrogens is 180 g/mol. The molecule has 0 aliphatic heterocycles. The summed E-state index contributed by atoms with van der Waals surface area (Å²) in [5, 5.41) is 0. The van der Waals surface area contributed by atoms with E-state index in [1.807, 2.05) is 0 Å². The highest BCUT2D eigenvalue weighted by atomic mass is 28.3. The second-order valence-corrected chi connectivity index (χ2v) is 9.46. The van der Waals surface area contributed by atoms with E-state index < -0.39 is 8.07 Å². The van der Waals surface area contributed by atoms with Crippen LogP contribution in [0.15, 0.2) is 11.6 Å². The van der Waals surface area contributed by atoms with Crippen LogP contribution >= 0.6 is 0 Å². The first kappa shape index (κ1) is 12.4. The van der Waals surface area contributed by atoms with Crippen molar-refractivity contribution in [2.75, 3.05) is 6.23 Å². The topological polar surface area (TPSA) is 26.3 Å². The Morgan fingerprint density at radius 3 is 2.23 bits per heavy atom. The molecule has 3 heteroatoms. The van der Waals surface area contributed by atoms with E-state index in [4.69, 9.17) is 4.74 Å². The molecule has 0 spiro atoms. The number of carbonyl (C=O) groups excluding carboxylic acids is 1. The monoisotopic (exact) mass is 200 g/mol. The predicted octanol–water partition coefficient (Wildman–Crippen LogP) is 2.76. The second-order valence-electron chi connectivity index (χ2n) is 4.43. The molecule has 2 nitrogen and oxygen atoms in total. The van der Waals surface area contributed by atoms with E-state index in [1.165, 1.54) is 12.5 Å². The van der Waals surface area contributed by atoms with Gasteiger partial charge in [-0.3, -0.25) is 4.79 Å². The van der Waals surface area contributed by atoms with Gasteiger partial charge in [0.25, 0.3) is 0 Å². The van der Waals surface area contributed by atoms with Gasteiger partial charge in [0.15, 0.2) is 0 Å². The van der Waals surface area contributed by atoms with E-state index in [-0.39, 0.29) is 5.97 Å². The highest BCUT2D eigenvalue weighted by Gasteiger charge is 2.20. The average Bonchev–Trinajstić information content (AvgIpc) is 1.98. The van der Waals surface area contributed by atoms with Gasteiger partial charge < -0.3 is 4.74 Å². The maximum Gasteiger partial charge on any atom is 0.302 e. The lowest BCUT2D eigenvalue weighted by molar-refractivity contribution is -0.139. The summed E-state index contributed by atoms with van der Waals surface area (Å²) in [6.45, 7) is 10.1. The molecule has 0 fully saturated rings. The summed E-state index contributed by atoms with van der Waals surface area (Å²) in [6.07, 6.45) is 2.86. The van der Waals surface area contributed by atoms with Gasteiger partial charge in [-0.05, 0) is 19.9 Å². The molecule has 0 aromatic heterocycles. The van der Waals surface area contributed by atoms with Gasteiger partial charge in [-0.2, -0.15) is 0 Å². The van der Waals surface area contributed by atoms with Gasteiger partial charge >= 0.3 is 5.97 Å². The highest BCUT2D eigenvalue weighted by molar-refractivity contribution is 6.77. The number of hydrogen-bond acceptors (Lipinski definition) is 2. The summed E-state index contributed by atoms with van der Waals surface area (Å²) in [4.78, 5) is 10.6. The van der Waals surface area contributed by atoms with Crippen LogP contribution < -0.4 is 0 Å². The first-order valence-electron chi connectivity index (χ1n) is 4.60. The number of rotatable bonds is 4. The van der Waals surface area contributed by atoms with Crippen molar-refractivity contribution in [3.05, 3.63) is 11.6 Å². The molecule has 0 unspecified atom stereocenters. The van der Waals surface area contributed by atoms with Crippen LogP contribution in [0, 0.1) is 0 Å². The van der Waals surface area contributed by atoms with Crippen molar-refractivity contribution in [1.29, 1.82) is 0 Å². The zero-order valence-corrected chi connectivity index (χ0v) is 10.3. The number of esters is 1. The minimum atomic E-state index is -1.35. The lowest BCUT2D eigenvalue weighted by atomic mass is 10.3. The molecule has 0 N–H and O–H groups in total. The van der Waals surface area contributed by atoms with Crippen molar-refractivity contribution in [3.63, 3.8) is 0 Å². The molecular formula is C10H20O2Si. The molecule has 0 heterocycles. The molecule has 0 atom stereocenters. The molecule has 0 aromatic rings. The summed E-state index contributed by atoms with van der Waals surface area (Å²) >= 11 is 0. The highest BCUT2D eigenvalue weighted by Crippen LogP contribution is 2.12. The molecule has 0 aliphatic rings. The Morgan fingerprint density at radius 1 is 1.31 bits per heavy atom. The fourth-order valence-corrected chi connectivity index (χ4v) is 2.51. The maximum absolute atomic E-state index is 10.6. The standard InChI is InChI=1S/C10H20O2Si/c1-9(2)6-7-13(4,5)8-12-10(3)11/h6H,7-8H2,1-5H3. The Balaban J connectivity index is 3.93. The van der Waals surface area contributed by atoms with Gasteiger partial charge in [0.1, 0.15) is 0 Å². The van der Waals surface area contributed by atoms with Gasteiger partial charge in [-0.15, -0.1) is 0 Å². The SMILES string of the molecule is CC(=O)OC[Si](C)(C)CC=C(C)C. The summed E-state index contributed by atoms with van der Waals surface area (Å²) < 4.78 is 5.03. The fraction of sp³-hybridized carbons (Fsp3) is 0.700. The third-order valence-corrected chi connectivity index (χ3v) is 3.96. The quantitative estimate of drug-likeness (QED) is 0.396. The largest absolute Gasteiger partial charge is 0.470 e. The van der Waals surface area contributed by atoms with Crippen LogP contribution in [0.4, 0.5) is 0 Å². The Morgan fingerprint density at radius 2 is 1.85 bits per heavy atom. The van der Waals surface area contributed by atoms with E-state index >= 15 is 0 Å². The molecule has 0 saturated heterocycles. The third kappa shape index (κ3) is 7.78. The average molecular weight is 200 g/mol. The zero-order chi connectivity index (χ0) is 10.5. The predicted molar refractivity (Wildman–Crippen MR) is 58.4 cm³/mol. The number of ether oxygens (including phenoxy) is 1. The smallest absolute Gasteiger partial charge is 0.302 e. The van der Waals surface area contributed by atoms with Crippen molar-refractivity contribution in [1.82, 2.24) is 0 Å². The second kappa shape index (κ2) is 5.22. The molecule has 0 saturated carbocycles. The fourth-order valence-electron chi connectivity index (χ4n) is 0.836. The zero-order valence-electron chi connectivity index (χ0n) is 9.31. The van der Waals surface area contributed by atoms with Gasteiger partial charge in [-0.1, -0.05) is 24.7 Å². The van der Waals surface area contributed by atoms with Gasteiger partial charge in [0, 0.05) is 6.92 Å². The van der Waals surface area contributed by atoms with E-state index in [2.05, 4.69) is 33.0 Å². The number of carbonyl (C=O) groups is 1. The number of allylic oxidation sites excluding steroid dienone is 2. The van der Waals surface area contributed by atoms with Gasteiger partial charge in [0.05, 0.1) is 14.3 Å². The van der Waals surface area contributed by atoms with Crippen LogP contribution in [-0.4, -0.2) is 20.3 Å². The first-order valence-corrected chi connectivity index (χ1v) is 8.02. The Labute approximate surface area is 82.0 Å².